The van der Waals surface area contributed by atoms with E-state index in [9.17, 15) is 0 Å². The normalized spacial score (nSPS) is 13.1. The molecule has 1 aliphatic carbocycles. The summed E-state index contributed by atoms with van der Waals surface area (Å²) in [7, 11) is 0. The summed E-state index contributed by atoms with van der Waals surface area (Å²) >= 11 is 0. The molecule has 0 atom stereocenters. The number of nitrogens with zero attached hydrogens (tertiary/aromatic N) is 2. The van der Waals surface area contributed by atoms with Gasteiger partial charge in [0, 0.05) is 22.1 Å². The molecule has 0 bridgehead atoms. The molecule has 51 heavy (non-hydrogen) atoms. The summed E-state index contributed by atoms with van der Waals surface area (Å²) in [5.41, 5.74) is 12.8. The van der Waals surface area contributed by atoms with Crippen LogP contribution in [-0.4, -0.2) is 9.97 Å². The summed E-state index contributed by atoms with van der Waals surface area (Å²) in [6, 6.07) is 61.2. The molecule has 0 saturated carbocycles. The van der Waals surface area contributed by atoms with Gasteiger partial charge in [-0.05, 0) is 83.9 Å². The molecular formula is C49H34N2. The van der Waals surface area contributed by atoms with Crippen molar-refractivity contribution in [2.45, 2.75) is 19.3 Å². The van der Waals surface area contributed by atoms with Gasteiger partial charge in [-0.1, -0.05) is 166 Å². The minimum Gasteiger partial charge on any atom is -0.228 e. The largest absolute Gasteiger partial charge is 0.228 e. The van der Waals surface area contributed by atoms with Crippen LogP contribution in [0.15, 0.2) is 170 Å². The number of aromatic nitrogens is 2. The molecule has 8 aromatic carbocycles. The molecule has 0 amide bonds. The Labute approximate surface area is 297 Å². The van der Waals surface area contributed by atoms with Gasteiger partial charge >= 0.3 is 0 Å². The van der Waals surface area contributed by atoms with Gasteiger partial charge in [0.2, 0.25) is 0 Å². The quantitative estimate of drug-likeness (QED) is 0.189. The van der Waals surface area contributed by atoms with Crippen molar-refractivity contribution in [1.29, 1.82) is 0 Å². The van der Waals surface area contributed by atoms with Crippen molar-refractivity contribution in [3.05, 3.63) is 181 Å². The lowest BCUT2D eigenvalue weighted by molar-refractivity contribution is 0.663. The van der Waals surface area contributed by atoms with Gasteiger partial charge in [0.05, 0.1) is 11.4 Å². The van der Waals surface area contributed by atoms with Crippen LogP contribution in [0.4, 0.5) is 0 Å². The lowest BCUT2D eigenvalue weighted by atomic mass is 9.78. The molecule has 0 aliphatic heterocycles. The van der Waals surface area contributed by atoms with Crippen LogP contribution in [0.5, 0.6) is 0 Å². The van der Waals surface area contributed by atoms with E-state index in [1.807, 2.05) is 18.2 Å². The highest BCUT2D eigenvalue weighted by atomic mass is 14.9. The maximum absolute atomic E-state index is 5.26. The van der Waals surface area contributed by atoms with E-state index < -0.39 is 0 Å². The second kappa shape index (κ2) is 11.3. The van der Waals surface area contributed by atoms with Crippen LogP contribution in [0.3, 0.4) is 0 Å². The van der Waals surface area contributed by atoms with Crippen LogP contribution in [0.1, 0.15) is 25.0 Å². The SMILES string of the molecule is CC1(C)c2cc3ccccc3cc2-c2cccc(-c3ccc(-c4cc(-c5cccc6ccccc56)nc(-c5ccccc5)n4)c4ccccc34)c21. The topological polar surface area (TPSA) is 25.8 Å². The van der Waals surface area contributed by atoms with Gasteiger partial charge in [0.1, 0.15) is 0 Å². The molecule has 1 aliphatic rings. The van der Waals surface area contributed by atoms with Gasteiger partial charge in [-0.25, -0.2) is 9.97 Å². The van der Waals surface area contributed by atoms with Crippen LogP contribution in [0, 0.1) is 0 Å². The molecule has 0 N–H and O–H groups in total. The number of benzene rings is 8. The summed E-state index contributed by atoms with van der Waals surface area (Å²) in [6.07, 6.45) is 0. The molecule has 0 unspecified atom stereocenters. The van der Waals surface area contributed by atoms with Gasteiger partial charge < -0.3 is 0 Å². The van der Waals surface area contributed by atoms with Crippen LogP contribution in [0.2, 0.25) is 0 Å². The average molecular weight is 651 g/mol. The minimum absolute atomic E-state index is 0.157. The standard InChI is InChI=1S/C49H34N2/c1-49(2)44-29-34-18-7-6-17-33(34)28-43(44)42-25-13-24-41(47(42)49)38-26-27-40(37-22-11-10-21-36(37)38)46-30-45(50-48(51-46)32-15-4-3-5-16-32)39-23-12-19-31-14-8-9-20-35(31)39/h3-30H,1-2H3. The smallest absolute Gasteiger partial charge is 0.160 e. The molecule has 2 heteroatoms. The summed E-state index contributed by atoms with van der Waals surface area (Å²) in [6.45, 7) is 4.76. The molecule has 240 valence electrons. The van der Waals surface area contributed by atoms with Crippen LogP contribution in [-0.2, 0) is 5.41 Å². The van der Waals surface area contributed by atoms with Crippen LogP contribution in [0.25, 0.3) is 88.5 Å². The van der Waals surface area contributed by atoms with Gasteiger partial charge in [0.25, 0.3) is 0 Å². The summed E-state index contributed by atoms with van der Waals surface area (Å²) < 4.78 is 0. The van der Waals surface area contributed by atoms with E-state index >= 15 is 0 Å². The first-order chi connectivity index (χ1) is 25.0. The molecule has 9 aromatic rings. The highest BCUT2D eigenvalue weighted by Gasteiger charge is 2.38. The maximum atomic E-state index is 5.26. The fourth-order valence-corrected chi connectivity index (χ4v) is 8.44. The Hall–Kier alpha value is -6.38. The van der Waals surface area contributed by atoms with E-state index in [-0.39, 0.29) is 5.41 Å². The van der Waals surface area contributed by atoms with E-state index in [2.05, 4.69) is 166 Å². The third kappa shape index (κ3) is 4.64. The van der Waals surface area contributed by atoms with Crippen molar-refractivity contribution in [2.75, 3.05) is 0 Å². The third-order valence-electron chi connectivity index (χ3n) is 10.9. The van der Waals surface area contributed by atoms with E-state index in [1.165, 1.54) is 65.7 Å². The highest BCUT2D eigenvalue weighted by molar-refractivity contribution is 6.07. The van der Waals surface area contributed by atoms with Crippen LogP contribution >= 0.6 is 0 Å². The molecular weight excluding hydrogens is 617 g/mol. The summed E-state index contributed by atoms with van der Waals surface area (Å²) in [4.78, 5) is 10.4. The number of rotatable bonds is 4. The first-order valence-electron chi connectivity index (χ1n) is 17.7. The fourth-order valence-electron chi connectivity index (χ4n) is 8.44. The minimum atomic E-state index is -0.157. The van der Waals surface area contributed by atoms with Gasteiger partial charge in [-0.3, -0.25) is 0 Å². The van der Waals surface area contributed by atoms with E-state index in [0.717, 1.165) is 33.9 Å². The molecule has 0 saturated heterocycles. The predicted molar refractivity (Wildman–Crippen MR) is 214 cm³/mol. The Morgan fingerprint density at radius 1 is 0.373 bits per heavy atom. The van der Waals surface area contributed by atoms with Gasteiger partial charge in [-0.2, -0.15) is 0 Å². The van der Waals surface area contributed by atoms with Crippen molar-refractivity contribution < 1.29 is 0 Å². The molecule has 10 rings (SSSR count). The molecule has 2 nitrogen and oxygen atoms in total. The number of hydrogen-bond acceptors (Lipinski definition) is 2. The Kier molecular flexibility index (Phi) is 6.56. The first kappa shape index (κ1) is 29.5. The van der Waals surface area contributed by atoms with E-state index in [1.54, 1.807) is 0 Å². The molecule has 1 heterocycles. The van der Waals surface area contributed by atoms with Crippen molar-refractivity contribution in [3.8, 4) is 56.2 Å². The molecule has 0 spiro atoms. The van der Waals surface area contributed by atoms with E-state index in [0.29, 0.717) is 0 Å². The second-order valence-electron chi connectivity index (χ2n) is 14.2. The number of fused-ring (bicyclic) bond motifs is 6. The first-order valence-corrected chi connectivity index (χ1v) is 17.7. The number of hydrogen-bond donors (Lipinski definition) is 0. The van der Waals surface area contributed by atoms with Crippen molar-refractivity contribution in [2.24, 2.45) is 0 Å². The fraction of sp³-hybridized carbons (Fsp3) is 0.0612. The van der Waals surface area contributed by atoms with Gasteiger partial charge in [0.15, 0.2) is 5.82 Å². The summed E-state index contributed by atoms with van der Waals surface area (Å²) in [5.74, 6) is 0.719. The lowest BCUT2D eigenvalue weighted by Crippen LogP contribution is -2.16. The Balaban J connectivity index is 1.19. The van der Waals surface area contributed by atoms with E-state index in [4.69, 9.17) is 9.97 Å². The Morgan fingerprint density at radius 2 is 0.882 bits per heavy atom. The second-order valence-corrected chi connectivity index (χ2v) is 14.2. The average Bonchev–Trinajstić information content (AvgIpc) is 3.41. The molecule has 0 fully saturated rings. The zero-order valence-corrected chi connectivity index (χ0v) is 28.6. The third-order valence-corrected chi connectivity index (χ3v) is 10.9. The maximum Gasteiger partial charge on any atom is 0.160 e. The zero-order valence-electron chi connectivity index (χ0n) is 28.6. The zero-order chi connectivity index (χ0) is 34.1. The lowest BCUT2D eigenvalue weighted by Gasteiger charge is -2.25. The van der Waals surface area contributed by atoms with Crippen molar-refractivity contribution in [1.82, 2.24) is 9.97 Å². The predicted octanol–water partition coefficient (Wildman–Crippen LogP) is 12.9. The summed E-state index contributed by atoms with van der Waals surface area (Å²) in [5, 5.41) is 7.33. The Bertz CT molecular complexity index is 2820. The van der Waals surface area contributed by atoms with Gasteiger partial charge in [-0.15, -0.1) is 0 Å². The Morgan fingerprint density at radius 3 is 1.63 bits per heavy atom. The van der Waals surface area contributed by atoms with Crippen molar-refractivity contribution in [3.63, 3.8) is 0 Å². The molecule has 1 aromatic heterocycles. The monoisotopic (exact) mass is 650 g/mol. The molecule has 0 radical (unpaired) electrons. The highest BCUT2D eigenvalue weighted by Crippen LogP contribution is 2.54. The van der Waals surface area contributed by atoms with Crippen LogP contribution < -0.4 is 0 Å². The van der Waals surface area contributed by atoms with Crippen molar-refractivity contribution >= 4 is 32.3 Å².